The van der Waals surface area contributed by atoms with Crippen LogP contribution in [0.15, 0.2) is 48.5 Å². The molecule has 7 heteroatoms. The van der Waals surface area contributed by atoms with Gasteiger partial charge >= 0.3 is 5.97 Å². The Balaban J connectivity index is 2.22. The summed E-state index contributed by atoms with van der Waals surface area (Å²) in [6.45, 7) is 0. The van der Waals surface area contributed by atoms with Crippen LogP contribution < -0.4 is 4.74 Å². The standard InChI is InChI=1S/C14H8ClNO5/c15-13(17)11-3-1-2-4-12(11)21-14(18)9-5-7-10(8-6-9)16(19)20/h1-8H. The number of nitro benzene ring substituents is 1. The Morgan fingerprint density at radius 2 is 1.67 bits per heavy atom. The number of nitrogens with zero attached hydrogens (tertiary/aromatic N) is 1. The molecule has 0 spiro atoms. The molecular weight excluding hydrogens is 298 g/mol. The molecule has 2 rings (SSSR count). The average Bonchev–Trinajstić information content (AvgIpc) is 2.47. The minimum atomic E-state index is -0.748. The number of halogens is 1. The quantitative estimate of drug-likeness (QED) is 0.285. The highest BCUT2D eigenvalue weighted by Gasteiger charge is 2.15. The molecule has 0 bridgehead atoms. The maximum atomic E-state index is 11.9. The fraction of sp³-hybridized carbons (Fsp3) is 0. The van der Waals surface area contributed by atoms with E-state index in [1.54, 1.807) is 12.1 Å². The van der Waals surface area contributed by atoms with Gasteiger partial charge in [0.15, 0.2) is 0 Å². The van der Waals surface area contributed by atoms with E-state index in [-0.39, 0.29) is 22.6 Å². The molecule has 0 unspecified atom stereocenters. The molecule has 0 aliphatic heterocycles. The van der Waals surface area contributed by atoms with Crippen molar-refractivity contribution in [1.29, 1.82) is 0 Å². The summed E-state index contributed by atoms with van der Waals surface area (Å²) < 4.78 is 5.08. The zero-order valence-corrected chi connectivity index (χ0v) is 11.2. The lowest BCUT2D eigenvalue weighted by Gasteiger charge is -2.07. The Labute approximate surface area is 124 Å². The minimum Gasteiger partial charge on any atom is -0.422 e. The van der Waals surface area contributed by atoms with E-state index >= 15 is 0 Å². The number of ether oxygens (including phenoxy) is 1. The number of carbonyl (C=O) groups excluding carboxylic acids is 2. The van der Waals surface area contributed by atoms with Crippen LogP contribution >= 0.6 is 11.6 Å². The fourth-order valence-corrected chi connectivity index (χ4v) is 1.75. The van der Waals surface area contributed by atoms with Gasteiger partial charge in [0, 0.05) is 12.1 Å². The summed E-state index contributed by atoms with van der Waals surface area (Å²) in [5.74, 6) is -0.712. The molecule has 0 radical (unpaired) electrons. The van der Waals surface area contributed by atoms with Crippen molar-refractivity contribution in [2.75, 3.05) is 0 Å². The van der Waals surface area contributed by atoms with Gasteiger partial charge in [-0.1, -0.05) is 12.1 Å². The summed E-state index contributed by atoms with van der Waals surface area (Å²) >= 11 is 5.39. The zero-order valence-electron chi connectivity index (χ0n) is 10.5. The first-order valence-electron chi connectivity index (χ1n) is 5.74. The topological polar surface area (TPSA) is 86.5 Å². The van der Waals surface area contributed by atoms with Gasteiger partial charge < -0.3 is 4.74 Å². The predicted octanol–water partition coefficient (Wildman–Crippen LogP) is 3.19. The summed E-state index contributed by atoms with van der Waals surface area (Å²) in [6.07, 6.45) is 0. The van der Waals surface area contributed by atoms with Gasteiger partial charge in [-0.05, 0) is 35.9 Å². The second-order valence-electron chi connectivity index (χ2n) is 3.96. The van der Waals surface area contributed by atoms with Gasteiger partial charge in [-0.25, -0.2) is 4.79 Å². The summed E-state index contributed by atoms with van der Waals surface area (Å²) in [5.41, 5.74) is 0.0507. The summed E-state index contributed by atoms with van der Waals surface area (Å²) in [5, 5.41) is 9.78. The van der Waals surface area contributed by atoms with Gasteiger partial charge in [0.05, 0.1) is 16.1 Å². The number of rotatable bonds is 4. The molecule has 2 aromatic rings. The van der Waals surface area contributed by atoms with E-state index in [9.17, 15) is 19.7 Å². The van der Waals surface area contributed by atoms with Crippen LogP contribution in [-0.2, 0) is 0 Å². The first kappa shape index (κ1) is 14.7. The molecule has 21 heavy (non-hydrogen) atoms. The second kappa shape index (κ2) is 6.15. The summed E-state index contributed by atoms with van der Waals surface area (Å²) in [4.78, 5) is 33.1. The highest BCUT2D eigenvalue weighted by Crippen LogP contribution is 2.21. The smallest absolute Gasteiger partial charge is 0.343 e. The van der Waals surface area contributed by atoms with E-state index in [0.29, 0.717) is 0 Å². The molecule has 0 fully saturated rings. The fourth-order valence-electron chi connectivity index (χ4n) is 1.60. The monoisotopic (exact) mass is 305 g/mol. The summed E-state index contributed by atoms with van der Waals surface area (Å²) in [6, 6.07) is 10.9. The molecule has 0 atom stereocenters. The molecule has 106 valence electrons. The number of nitro groups is 1. The van der Waals surface area contributed by atoms with Gasteiger partial charge in [0.25, 0.3) is 10.9 Å². The van der Waals surface area contributed by atoms with Crippen molar-refractivity contribution in [3.8, 4) is 5.75 Å². The van der Waals surface area contributed by atoms with Crippen molar-refractivity contribution in [2.24, 2.45) is 0 Å². The molecule has 0 aromatic heterocycles. The SMILES string of the molecule is O=C(Oc1ccccc1C(=O)Cl)c1ccc([N+](=O)[O-])cc1. The molecule has 0 heterocycles. The van der Waals surface area contributed by atoms with Crippen LogP contribution in [0.25, 0.3) is 0 Å². The van der Waals surface area contributed by atoms with Crippen molar-refractivity contribution in [3.63, 3.8) is 0 Å². The number of esters is 1. The molecular formula is C14H8ClNO5. The number of para-hydroxylation sites is 1. The normalized spacial score (nSPS) is 9.95. The van der Waals surface area contributed by atoms with Crippen molar-refractivity contribution in [1.82, 2.24) is 0 Å². The van der Waals surface area contributed by atoms with Crippen molar-refractivity contribution < 1.29 is 19.2 Å². The van der Waals surface area contributed by atoms with Crippen LogP contribution in [0.3, 0.4) is 0 Å². The first-order chi connectivity index (χ1) is 9.99. The molecule has 0 saturated heterocycles. The molecule has 0 N–H and O–H groups in total. The van der Waals surface area contributed by atoms with E-state index in [4.69, 9.17) is 16.3 Å². The number of benzene rings is 2. The lowest BCUT2D eigenvalue weighted by Crippen LogP contribution is -2.10. The highest BCUT2D eigenvalue weighted by molar-refractivity contribution is 6.68. The molecule has 0 aliphatic carbocycles. The van der Waals surface area contributed by atoms with Gasteiger partial charge in [-0.15, -0.1) is 0 Å². The Morgan fingerprint density at radius 1 is 1.05 bits per heavy atom. The molecule has 6 nitrogen and oxygen atoms in total. The van der Waals surface area contributed by atoms with E-state index in [1.165, 1.54) is 36.4 Å². The van der Waals surface area contributed by atoms with E-state index < -0.39 is 16.1 Å². The van der Waals surface area contributed by atoms with Crippen molar-refractivity contribution in [3.05, 3.63) is 69.8 Å². The molecule has 0 saturated carbocycles. The summed E-state index contributed by atoms with van der Waals surface area (Å²) in [7, 11) is 0. The van der Waals surface area contributed by atoms with E-state index in [1.807, 2.05) is 0 Å². The second-order valence-corrected chi connectivity index (χ2v) is 4.31. The van der Waals surface area contributed by atoms with Gasteiger partial charge in [0.1, 0.15) is 5.75 Å². The van der Waals surface area contributed by atoms with Crippen LogP contribution in [0.5, 0.6) is 5.75 Å². The maximum Gasteiger partial charge on any atom is 0.343 e. The zero-order chi connectivity index (χ0) is 15.4. The Morgan fingerprint density at radius 3 is 2.24 bits per heavy atom. The third-order valence-corrected chi connectivity index (χ3v) is 2.82. The number of non-ortho nitro benzene ring substituents is 1. The Kier molecular flexibility index (Phi) is 4.30. The predicted molar refractivity (Wildman–Crippen MR) is 74.7 cm³/mol. The number of hydrogen-bond donors (Lipinski definition) is 0. The first-order valence-corrected chi connectivity index (χ1v) is 6.12. The van der Waals surface area contributed by atoms with Crippen LogP contribution in [0, 0.1) is 10.1 Å². The van der Waals surface area contributed by atoms with Gasteiger partial charge in [-0.3, -0.25) is 14.9 Å². The third-order valence-electron chi connectivity index (χ3n) is 2.62. The Hall–Kier alpha value is -2.73. The van der Waals surface area contributed by atoms with E-state index in [0.717, 1.165) is 0 Å². The lowest BCUT2D eigenvalue weighted by molar-refractivity contribution is -0.384. The minimum absolute atomic E-state index is 0.0286. The molecule has 0 aliphatic rings. The highest BCUT2D eigenvalue weighted by atomic mass is 35.5. The molecule has 0 amide bonds. The van der Waals surface area contributed by atoms with Crippen LogP contribution in [0.4, 0.5) is 5.69 Å². The van der Waals surface area contributed by atoms with Crippen molar-refractivity contribution >= 4 is 28.5 Å². The van der Waals surface area contributed by atoms with Gasteiger partial charge in [-0.2, -0.15) is 0 Å². The van der Waals surface area contributed by atoms with Crippen LogP contribution in [0.1, 0.15) is 20.7 Å². The van der Waals surface area contributed by atoms with Crippen molar-refractivity contribution in [2.45, 2.75) is 0 Å². The largest absolute Gasteiger partial charge is 0.422 e. The number of carbonyl (C=O) groups is 2. The Bertz CT molecular complexity index is 712. The van der Waals surface area contributed by atoms with Gasteiger partial charge in [0.2, 0.25) is 0 Å². The van der Waals surface area contributed by atoms with E-state index in [2.05, 4.69) is 0 Å². The third kappa shape index (κ3) is 3.43. The average molecular weight is 306 g/mol. The molecule has 2 aromatic carbocycles. The van der Waals surface area contributed by atoms with Crippen LogP contribution in [-0.4, -0.2) is 16.1 Å². The maximum absolute atomic E-state index is 11.9. The number of hydrogen-bond acceptors (Lipinski definition) is 5. The lowest BCUT2D eigenvalue weighted by atomic mass is 10.2. The van der Waals surface area contributed by atoms with Crippen LogP contribution in [0.2, 0.25) is 0 Å².